The van der Waals surface area contributed by atoms with Crippen LogP contribution in [0.5, 0.6) is 0 Å². The molecular formula is C13H21N3O3. The summed E-state index contributed by atoms with van der Waals surface area (Å²) in [6.07, 6.45) is 2.65. The Hall–Kier alpha value is -0.980. The van der Waals surface area contributed by atoms with E-state index in [9.17, 15) is 0 Å². The highest BCUT2D eigenvalue weighted by Gasteiger charge is 2.40. The Morgan fingerprint density at radius 2 is 2.26 bits per heavy atom. The second-order valence-corrected chi connectivity index (χ2v) is 5.19. The van der Waals surface area contributed by atoms with Gasteiger partial charge in [-0.1, -0.05) is 5.16 Å². The van der Waals surface area contributed by atoms with Crippen molar-refractivity contribution < 1.29 is 14.0 Å². The molecule has 0 saturated carbocycles. The zero-order valence-electron chi connectivity index (χ0n) is 11.4. The fraction of sp³-hybridized carbons (Fsp3) is 0.846. The molecule has 6 heteroatoms. The van der Waals surface area contributed by atoms with E-state index in [4.69, 9.17) is 14.0 Å². The Bertz CT molecular complexity index is 404. The summed E-state index contributed by atoms with van der Waals surface area (Å²) in [6, 6.07) is 0. The van der Waals surface area contributed by atoms with E-state index in [2.05, 4.69) is 15.5 Å². The lowest BCUT2D eigenvalue weighted by Gasteiger charge is -2.33. The summed E-state index contributed by atoms with van der Waals surface area (Å²) in [6.45, 7) is 5.97. The van der Waals surface area contributed by atoms with Gasteiger partial charge in [0.1, 0.15) is 5.60 Å². The minimum absolute atomic E-state index is 0.347. The molecule has 0 aliphatic carbocycles. The third kappa shape index (κ3) is 2.52. The molecule has 0 aromatic carbocycles. The molecule has 3 rings (SSSR count). The maximum absolute atomic E-state index is 5.95. The lowest BCUT2D eigenvalue weighted by atomic mass is 9.93. The van der Waals surface area contributed by atoms with E-state index in [0.29, 0.717) is 31.6 Å². The summed E-state index contributed by atoms with van der Waals surface area (Å²) in [7, 11) is 0. The largest absolute Gasteiger partial charge is 0.381 e. The van der Waals surface area contributed by atoms with Gasteiger partial charge in [-0.2, -0.15) is 4.98 Å². The zero-order valence-corrected chi connectivity index (χ0v) is 11.4. The molecule has 1 atom stereocenters. The summed E-state index contributed by atoms with van der Waals surface area (Å²) in [5.41, 5.74) is -0.416. The molecule has 2 aliphatic rings. The van der Waals surface area contributed by atoms with Gasteiger partial charge in [0.25, 0.3) is 0 Å². The topological polar surface area (TPSA) is 69.4 Å². The normalized spacial score (nSPS) is 26.7. The Kier molecular flexibility index (Phi) is 3.81. The van der Waals surface area contributed by atoms with Crippen LogP contribution in [0.25, 0.3) is 0 Å². The Morgan fingerprint density at radius 3 is 2.95 bits per heavy atom. The van der Waals surface area contributed by atoms with Crippen LogP contribution < -0.4 is 5.32 Å². The number of nitrogens with one attached hydrogen (secondary N) is 1. The standard InChI is InChI=1S/C13H21N3O3/c1-2-18-13(4-7-17-8-5-13)12-15-11(19-16-12)10-3-6-14-9-10/h10,14H,2-9H2,1H3. The quantitative estimate of drug-likeness (QED) is 0.883. The molecule has 106 valence electrons. The first-order valence-corrected chi connectivity index (χ1v) is 7.10. The van der Waals surface area contributed by atoms with Crippen LogP contribution in [0.2, 0.25) is 0 Å². The maximum atomic E-state index is 5.95. The fourth-order valence-electron chi connectivity index (χ4n) is 2.86. The second-order valence-electron chi connectivity index (χ2n) is 5.19. The molecule has 6 nitrogen and oxygen atoms in total. The Morgan fingerprint density at radius 1 is 1.42 bits per heavy atom. The first-order chi connectivity index (χ1) is 9.34. The molecule has 19 heavy (non-hydrogen) atoms. The van der Waals surface area contributed by atoms with Gasteiger partial charge < -0.3 is 19.3 Å². The highest BCUT2D eigenvalue weighted by Crippen LogP contribution is 2.35. The predicted molar refractivity (Wildman–Crippen MR) is 67.9 cm³/mol. The van der Waals surface area contributed by atoms with Gasteiger partial charge >= 0.3 is 0 Å². The highest BCUT2D eigenvalue weighted by molar-refractivity contribution is 5.06. The molecule has 2 saturated heterocycles. The van der Waals surface area contributed by atoms with Gasteiger partial charge in [-0.3, -0.25) is 0 Å². The van der Waals surface area contributed by atoms with Crippen LogP contribution in [0.3, 0.4) is 0 Å². The highest BCUT2D eigenvalue weighted by atomic mass is 16.5. The summed E-state index contributed by atoms with van der Waals surface area (Å²) in [5, 5.41) is 7.50. The molecule has 3 heterocycles. The van der Waals surface area contributed by atoms with Crippen molar-refractivity contribution in [3.8, 4) is 0 Å². The second kappa shape index (κ2) is 5.56. The molecule has 2 fully saturated rings. The molecule has 1 N–H and O–H groups in total. The van der Waals surface area contributed by atoms with Crippen molar-refractivity contribution in [1.29, 1.82) is 0 Å². The van der Waals surface area contributed by atoms with Crippen LogP contribution in [0, 0.1) is 0 Å². The van der Waals surface area contributed by atoms with Crippen LogP contribution in [-0.4, -0.2) is 43.1 Å². The summed E-state index contributed by atoms with van der Waals surface area (Å²) in [5.74, 6) is 1.78. The van der Waals surface area contributed by atoms with Crippen LogP contribution in [0.4, 0.5) is 0 Å². The Balaban J connectivity index is 1.81. The number of hydrogen-bond acceptors (Lipinski definition) is 6. The van der Waals surface area contributed by atoms with Gasteiger partial charge in [-0.05, 0) is 19.9 Å². The summed E-state index contributed by atoms with van der Waals surface area (Å²) in [4.78, 5) is 4.61. The molecule has 0 spiro atoms. The first-order valence-electron chi connectivity index (χ1n) is 7.10. The molecule has 1 unspecified atom stereocenters. The maximum Gasteiger partial charge on any atom is 0.231 e. The number of ether oxygens (including phenoxy) is 2. The van der Waals surface area contributed by atoms with Crippen molar-refractivity contribution in [2.45, 2.75) is 37.7 Å². The van der Waals surface area contributed by atoms with Crippen LogP contribution in [-0.2, 0) is 15.1 Å². The van der Waals surface area contributed by atoms with Crippen LogP contribution in [0.1, 0.15) is 43.8 Å². The van der Waals surface area contributed by atoms with E-state index in [-0.39, 0.29) is 0 Å². The third-order valence-electron chi connectivity index (χ3n) is 3.98. The molecule has 2 aliphatic heterocycles. The molecular weight excluding hydrogens is 246 g/mol. The van der Waals surface area contributed by atoms with E-state index in [1.54, 1.807) is 0 Å². The molecule has 0 bridgehead atoms. The molecule has 1 aromatic rings. The van der Waals surface area contributed by atoms with Crippen molar-refractivity contribution in [3.05, 3.63) is 11.7 Å². The van der Waals surface area contributed by atoms with Crippen molar-refractivity contribution in [1.82, 2.24) is 15.5 Å². The SMILES string of the molecule is CCOC1(c2noc(C3CCNC3)n2)CCOCC1. The first kappa shape index (κ1) is 13.0. The van der Waals surface area contributed by atoms with Gasteiger partial charge in [0, 0.05) is 39.2 Å². The number of hydrogen-bond donors (Lipinski definition) is 1. The van der Waals surface area contributed by atoms with Gasteiger partial charge in [0.15, 0.2) is 0 Å². The zero-order chi connectivity index (χ0) is 13.1. The summed E-state index contributed by atoms with van der Waals surface area (Å²) < 4.78 is 16.8. The molecule has 1 aromatic heterocycles. The van der Waals surface area contributed by atoms with Gasteiger partial charge in [-0.15, -0.1) is 0 Å². The lowest BCUT2D eigenvalue weighted by molar-refractivity contribution is -0.118. The fourth-order valence-corrected chi connectivity index (χ4v) is 2.86. The van der Waals surface area contributed by atoms with E-state index in [1.807, 2.05) is 6.92 Å². The number of nitrogens with zero attached hydrogens (tertiary/aromatic N) is 2. The van der Waals surface area contributed by atoms with E-state index in [0.717, 1.165) is 38.2 Å². The van der Waals surface area contributed by atoms with Crippen LogP contribution in [0.15, 0.2) is 4.52 Å². The van der Waals surface area contributed by atoms with Gasteiger partial charge in [-0.25, -0.2) is 0 Å². The molecule has 0 amide bonds. The number of rotatable bonds is 4. The average Bonchev–Trinajstić information content (AvgIpc) is 3.11. The van der Waals surface area contributed by atoms with Crippen molar-refractivity contribution in [2.75, 3.05) is 32.9 Å². The average molecular weight is 267 g/mol. The van der Waals surface area contributed by atoms with Crippen molar-refractivity contribution >= 4 is 0 Å². The van der Waals surface area contributed by atoms with E-state index >= 15 is 0 Å². The smallest absolute Gasteiger partial charge is 0.231 e. The van der Waals surface area contributed by atoms with Gasteiger partial charge in [0.05, 0.1) is 5.92 Å². The minimum Gasteiger partial charge on any atom is -0.381 e. The molecule has 0 radical (unpaired) electrons. The number of aromatic nitrogens is 2. The van der Waals surface area contributed by atoms with Gasteiger partial charge in [0.2, 0.25) is 11.7 Å². The van der Waals surface area contributed by atoms with Crippen molar-refractivity contribution in [2.24, 2.45) is 0 Å². The predicted octanol–water partition coefficient (Wildman–Crippen LogP) is 1.19. The minimum atomic E-state index is -0.416. The third-order valence-corrected chi connectivity index (χ3v) is 3.98. The summed E-state index contributed by atoms with van der Waals surface area (Å²) >= 11 is 0. The van der Waals surface area contributed by atoms with Crippen molar-refractivity contribution in [3.63, 3.8) is 0 Å². The van der Waals surface area contributed by atoms with E-state index < -0.39 is 5.60 Å². The monoisotopic (exact) mass is 267 g/mol. The Labute approximate surface area is 112 Å². The van der Waals surface area contributed by atoms with Crippen LogP contribution >= 0.6 is 0 Å². The van der Waals surface area contributed by atoms with E-state index in [1.165, 1.54) is 0 Å². The lowest BCUT2D eigenvalue weighted by Crippen LogP contribution is -2.37.